The van der Waals surface area contributed by atoms with Gasteiger partial charge in [0.25, 0.3) is 11.8 Å². The number of amides is 2. The number of hydrogen-bond acceptors (Lipinski definition) is 4. The molecule has 5 nitrogen and oxygen atoms in total. The lowest BCUT2D eigenvalue weighted by atomic mass is 10.0. The van der Waals surface area contributed by atoms with Gasteiger partial charge >= 0.3 is 0 Å². The Balaban J connectivity index is 1.47. The van der Waals surface area contributed by atoms with Crippen LogP contribution in [0.5, 0.6) is 0 Å². The molecule has 0 spiro atoms. The third-order valence-corrected chi connectivity index (χ3v) is 5.15. The van der Waals surface area contributed by atoms with Gasteiger partial charge in [-0.25, -0.2) is 0 Å². The number of rotatable bonds is 5. The van der Waals surface area contributed by atoms with Crippen LogP contribution < -0.4 is 15.8 Å². The summed E-state index contributed by atoms with van der Waals surface area (Å²) in [5.41, 5.74) is 8.20. The molecule has 6 heteroatoms. The van der Waals surface area contributed by atoms with E-state index >= 15 is 0 Å². The second kappa shape index (κ2) is 9.28. The van der Waals surface area contributed by atoms with E-state index in [0.717, 1.165) is 30.6 Å². The second-order valence-corrected chi connectivity index (χ2v) is 7.18. The molecule has 0 radical (unpaired) electrons. The summed E-state index contributed by atoms with van der Waals surface area (Å²) < 4.78 is 0. The average molecular weight is 382 g/mol. The maximum Gasteiger partial charge on any atom is 0.262 e. The summed E-state index contributed by atoms with van der Waals surface area (Å²) in [6.07, 6.45) is 7.20. The van der Waals surface area contributed by atoms with Gasteiger partial charge in [-0.3, -0.25) is 20.4 Å². The lowest BCUT2D eigenvalue weighted by molar-refractivity contribution is -0.125. The highest BCUT2D eigenvalue weighted by Gasteiger charge is 2.18. The minimum atomic E-state index is -0.365. The average Bonchev–Trinajstić information content (AvgIpc) is 2.71. The molecule has 0 atom stereocenters. The number of nitrogens with one attached hydrogen (secondary N) is 2. The van der Waals surface area contributed by atoms with Gasteiger partial charge in [0.2, 0.25) is 0 Å². The molecule has 0 bridgehead atoms. The van der Waals surface area contributed by atoms with Gasteiger partial charge in [-0.1, -0.05) is 30.3 Å². The molecule has 2 N–H and O–H groups in total. The number of nitrogens with zero attached hydrogens (tertiary/aromatic N) is 1. The number of fused-ring (bicyclic) bond motifs is 1. The summed E-state index contributed by atoms with van der Waals surface area (Å²) in [6, 6.07) is 16.0. The van der Waals surface area contributed by atoms with Crippen LogP contribution in [0.3, 0.4) is 0 Å². The molecule has 140 valence electrons. The summed E-state index contributed by atoms with van der Waals surface area (Å²) in [7, 11) is 0. The zero-order chi connectivity index (χ0) is 19.1. The Morgan fingerprint density at radius 3 is 2.67 bits per heavy atom. The van der Waals surface area contributed by atoms with Gasteiger partial charge in [0.15, 0.2) is 0 Å². The third-order valence-electron chi connectivity index (χ3n) is 4.41. The van der Waals surface area contributed by atoms with Crippen molar-refractivity contribution in [3.8, 4) is 0 Å². The fourth-order valence-corrected chi connectivity index (χ4v) is 3.46. The Labute approximate surface area is 163 Å². The first-order valence-electron chi connectivity index (χ1n) is 8.89. The molecule has 0 aliphatic carbocycles. The number of para-hydroxylation sites is 1. The fourth-order valence-electron chi connectivity index (χ4n) is 3.05. The van der Waals surface area contributed by atoms with Crippen LogP contribution >= 0.6 is 11.8 Å². The number of benzene rings is 2. The Morgan fingerprint density at radius 1 is 1.11 bits per heavy atom. The highest BCUT2D eigenvalue weighted by Crippen LogP contribution is 2.26. The summed E-state index contributed by atoms with van der Waals surface area (Å²) in [6.45, 7) is 1.06. The molecule has 2 amide bonds. The van der Waals surface area contributed by atoms with Gasteiger partial charge in [-0.05, 0) is 54.5 Å². The summed E-state index contributed by atoms with van der Waals surface area (Å²) in [4.78, 5) is 27.3. The molecule has 1 aliphatic rings. The minimum absolute atomic E-state index is 0.219. The third kappa shape index (κ3) is 5.37. The first kappa shape index (κ1) is 19.0. The molecule has 2 aromatic rings. The van der Waals surface area contributed by atoms with Crippen LogP contribution in [0.2, 0.25) is 0 Å². The van der Waals surface area contributed by atoms with Crippen LogP contribution in [0, 0.1) is 0 Å². The van der Waals surface area contributed by atoms with Gasteiger partial charge in [-0.15, -0.1) is 11.8 Å². The standard InChI is InChI=1S/C21H23N3O2S/c1-27-18-11-8-16(9-12-18)10-13-20(25)22-23-21(26)15-24-14-4-6-17-5-2-3-7-19(17)24/h2-3,5,7-13H,4,6,14-15H2,1H3,(H,22,25)(H,23,26)/b13-10+. The molecule has 0 saturated heterocycles. The van der Waals surface area contributed by atoms with E-state index in [1.165, 1.54) is 16.5 Å². The van der Waals surface area contributed by atoms with Gasteiger partial charge in [-0.2, -0.15) is 0 Å². The molecule has 3 rings (SSSR count). The number of thioether (sulfide) groups is 1. The Bertz CT molecular complexity index is 834. The van der Waals surface area contributed by atoms with Crippen LogP contribution in [0.1, 0.15) is 17.5 Å². The molecule has 0 aromatic heterocycles. The van der Waals surface area contributed by atoms with Crippen LogP contribution in [0.15, 0.2) is 59.5 Å². The topological polar surface area (TPSA) is 61.4 Å². The summed E-state index contributed by atoms with van der Waals surface area (Å²) in [5, 5.41) is 0. The normalized spacial score (nSPS) is 13.3. The van der Waals surface area contributed by atoms with Crippen molar-refractivity contribution < 1.29 is 9.59 Å². The van der Waals surface area contributed by atoms with Crippen LogP contribution in [0.4, 0.5) is 5.69 Å². The molecular weight excluding hydrogens is 358 g/mol. The molecular formula is C21H23N3O2S. The van der Waals surface area contributed by atoms with E-state index in [2.05, 4.69) is 16.9 Å². The maximum absolute atomic E-state index is 12.2. The molecule has 0 fully saturated rings. The van der Waals surface area contributed by atoms with Crippen molar-refractivity contribution in [1.29, 1.82) is 0 Å². The molecule has 0 unspecified atom stereocenters. The SMILES string of the molecule is CSc1ccc(/C=C/C(=O)NNC(=O)CN2CCCc3ccccc32)cc1. The number of carbonyl (C=O) groups is 2. The van der Waals surface area contributed by atoms with E-state index in [1.807, 2.05) is 53.6 Å². The Morgan fingerprint density at radius 2 is 1.89 bits per heavy atom. The van der Waals surface area contributed by atoms with Crippen molar-refractivity contribution in [3.05, 3.63) is 65.7 Å². The largest absolute Gasteiger partial charge is 0.362 e. The van der Waals surface area contributed by atoms with Crippen molar-refractivity contribution in [2.75, 3.05) is 24.2 Å². The number of hydrazine groups is 1. The van der Waals surface area contributed by atoms with Crippen molar-refractivity contribution >= 4 is 35.3 Å². The van der Waals surface area contributed by atoms with Gasteiger partial charge in [0.1, 0.15) is 0 Å². The molecule has 27 heavy (non-hydrogen) atoms. The van der Waals surface area contributed by atoms with E-state index < -0.39 is 0 Å². The summed E-state index contributed by atoms with van der Waals surface area (Å²) in [5.74, 6) is -0.603. The van der Waals surface area contributed by atoms with Gasteiger partial charge in [0.05, 0.1) is 6.54 Å². The molecule has 0 saturated carbocycles. The van der Waals surface area contributed by atoms with Crippen LogP contribution in [-0.2, 0) is 16.0 Å². The van der Waals surface area contributed by atoms with Crippen LogP contribution in [-0.4, -0.2) is 31.2 Å². The second-order valence-electron chi connectivity index (χ2n) is 6.30. The quantitative estimate of drug-likeness (QED) is 0.475. The lowest BCUT2D eigenvalue weighted by Crippen LogP contribution is -2.47. The first-order chi connectivity index (χ1) is 13.2. The van der Waals surface area contributed by atoms with Gasteiger partial charge < -0.3 is 4.90 Å². The Kier molecular flexibility index (Phi) is 6.54. The fraction of sp³-hybridized carbons (Fsp3) is 0.238. The van der Waals surface area contributed by atoms with Crippen molar-refractivity contribution in [2.24, 2.45) is 0 Å². The molecule has 2 aromatic carbocycles. The number of aryl methyl sites for hydroxylation is 1. The van der Waals surface area contributed by atoms with Crippen molar-refractivity contribution in [3.63, 3.8) is 0 Å². The van der Waals surface area contributed by atoms with Crippen LogP contribution in [0.25, 0.3) is 6.08 Å². The smallest absolute Gasteiger partial charge is 0.262 e. The van der Waals surface area contributed by atoms with Crippen molar-refractivity contribution in [1.82, 2.24) is 10.9 Å². The number of hydrogen-bond donors (Lipinski definition) is 2. The monoisotopic (exact) mass is 381 g/mol. The zero-order valence-electron chi connectivity index (χ0n) is 15.3. The van der Waals surface area contributed by atoms with E-state index in [1.54, 1.807) is 17.8 Å². The minimum Gasteiger partial charge on any atom is -0.362 e. The first-order valence-corrected chi connectivity index (χ1v) is 10.1. The number of anilines is 1. The summed E-state index contributed by atoms with van der Waals surface area (Å²) >= 11 is 1.67. The highest BCUT2D eigenvalue weighted by molar-refractivity contribution is 7.98. The molecule has 1 aliphatic heterocycles. The van der Waals surface area contributed by atoms with E-state index in [0.29, 0.717) is 0 Å². The van der Waals surface area contributed by atoms with E-state index in [-0.39, 0.29) is 18.4 Å². The van der Waals surface area contributed by atoms with Crippen molar-refractivity contribution in [2.45, 2.75) is 17.7 Å². The zero-order valence-corrected chi connectivity index (χ0v) is 16.1. The Hall–Kier alpha value is -2.73. The highest BCUT2D eigenvalue weighted by atomic mass is 32.2. The van der Waals surface area contributed by atoms with Gasteiger partial charge in [0, 0.05) is 23.2 Å². The maximum atomic E-state index is 12.2. The predicted octanol–water partition coefficient (Wildman–Crippen LogP) is 3.02. The predicted molar refractivity (Wildman–Crippen MR) is 111 cm³/mol. The lowest BCUT2D eigenvalue weighted by Gasteiger charge is -2.30. The van der Waals surface area contributed by atoms with E-state index in [9.17, 15) is 9.59 Å². The number of carbonyl (C=O) groups excluding carboxylic acids is 2. The van der Waals surface area contributed by atoms with E-state index in [4.69, 9.17) is 0 Å². The molecule has 1 heterocycles.